The van der Waals surface area contributed by atoms with Crippen LogP contribution in [0.1, 0.15) is 41.3 Å². The largest absolute Gasteiger partial charge is 0.465 e. The van der Waals surface area contributed by atoms with Gasteiger partial charge >= 0.3 is 5.97 Å². The molecule has 2 aromatic carbocycles. The number of nitrogens with zero attached hydrogens (tertiary/aromatic N) is 3. The average molecular weight is 511 g/mol. The zero-order valence-electron chi connectivity index (χ0n) is 20.4. The Bertz CT molecular complexity index is 1400. The van der Waals surface area contributed by atoms with Crippen LogP contribution in [0.5, 0.6) is 0 Å². The average Bonchev–Trinajstić information content (AvgIpc) is 3.25. The normalized spacial score (nSPS) is 16.9. The van der Waals surface area contributed by atoms with Gasteiger partial charge in [-0.25, -0.2) is 22.9 Å². The number of rotatable bonds is 8. The van der Waals surface area contributed by atoms with E-state index in [1.807, 2.05) is 42.6 Å². The third-order valence-corrected chi connectivity index (χ3v) is 8.26. The van der Waals surface area contributed by atoms with Gasteiger partial charge in [-0.05, 0) is 43.5 Å². The van der Waals surface area contributed by atoms with E-state index in [2.05, 4.69) is 15.1 Å². The Morgan fingerprint density at radius 1 is 1.19 bits per heavy atom. The summed E-state index contributed by atoms with van der Waals surface area (Å²) in [6.45, 7) is 2.78. The smallest absolute Gasteiger partial charge is 0.337 e. The minimum Gasteiger partial charge on any atom is -0.465 e. The molecule has 0 saturated carbocycles. The number of sulfonamides is 1. The molecular weight excluding hydrogens is 480 g/mol. The fourth-order valence-electron chi connectivity index (χ4n) is 4.47. The lowest BCUT2D eigenvalue weighted by atomic mass is 9.99. The Kier molecular flexibility index (Phi) is 7.85. The van der Waals surface area contributed by atoms with E-state index in [1.54, 1.807) is 25.3 Å². The van der Waals surface area contributed by atoms with E-state index in [4.69, 9.17) is 4.74 Å². The molecule has 1 aromatic heterocycles. The standard InChI is InChI=1S/C26H30N4O5S/c1-3-36(33,34)30-13-7-10-21(18-30)25(31)28-27-15-22-17-29(24-12-5-4-11-23(22)24)16-19-8-6-9-20(14-19)26(32)35-2/h4-6,8-9,11-12,14-15,17,21H,3,7,10,13,16,18H2,1-2H3,(H,28,31)/b27-15-/t21-/m0/s1. The Morgan fingerprint density at radius 2 is 2.00 bits per heavy atom. The number of hydrogen-bond acceptors (Lipinski definition) is 6. The molecule has 1 N–H and O–H groups in total. The highest BCUT2D eigenvalue weighted by Crippen LogP contribution is 2.22. The van der Waals surface area contributed by atoms with E-state index in [0.29, 0.717) is 31.5 Å². The number of nitrogens with one attached hydrogen (secondary N) is 1. The van der Waals surface area contributed by atoms with Crippen LogP contribution < -0.4 is 5.43 Å². The second-order valence-corrected chi connectivity index (χ2v) is 11.0. The first-order chi connectivity index (χ1) is 17.3. The first kappa shape index (κ1) is 25.6. The highest BCUT2D eigenvalue weighted by atomic mass is 32.2. The zero-order valence-corrected chi connectivity index (χ0v) is 21.2. The number of hydrogen-bond donors (Lipinski definition) is 1. The summed E-state index contributed by atoms with van der Waals surface area (Å²) in [6.07, 6.45) is 4.82. The maximum Gasteiger partial charge on any atom is 0.337 e. The lowest BCUT2D eigenvalue weighted by molar-refractivity contribution is -0.126. The molecule has 2 heterocycles. The number of aromatic nitrogens is 1. The molecule has 0 radical (unpaired) electrons. The number of methoxy groups -OCH3 is 1. The number of ether oxygens (including phenoxy) is 1. The zero-order chi connectivity index (χ0) is 25.7. The van der Waals surface area contributed by atoms with Crippen LogP contribution in [-0.4, -0.2) is 61.3 Å². The summed E-state index contributed by atoms with van der Waals surface area (Å²) in [5.74, 6) is -1.08. The van der Waals surface area contributed by atoms with E-state index < -0.39 is 15.9 Å². The van der Waals surface area contributed by atoms with Gasteiger partial charge in [0.1, 0.15) is 0 Å². The highest BCUT2D eigenvalue weighted by Gasteiger charge is 2.31. The number of benzene rings is 2. The summed E-state index contributed by atoms with van der Waals surface area (Å²) in [5.41, 5.74) is 5.84. The first-order valence-electron chi connectivity index (χ1n) is 11.9. The van der Waals surface area contributed by atoms with E-state index >= 15 is 0 Å². The van der Waals surface area contributed by atoms with Crippen molar-refractivity contribution in [3.8, 4) is 0 Å². The highest BCUT2D eigenvalue weighted by molar-refractivity contribution is 7.89. The third kappa shape index (κ3) is 5.66. The monoisotopic (exact) mass is 510 g/mol. The molecule has 0 unspecified atom stereocenters. The van der Waals surface area contributed by atoms with Gasteiger partial charge in [0.25, 0.3) is 0 Å². The molecule has 9 nitrogen and oxygen atoms in total. The van der Waals surface area contributed by atoms with Crippen LogP contribution in [0.25, 0.3) is 10.9 Å². The number of hydrazone groups is 1. The maximum atomic E-state index is 12.7. The van der Waals surface area contributed by atoms with Crippen molar-refractivity contribution in [1.29, 1.82) is 0 Å². The van der Waals surface area contributed by atoms with E-state index in [1.165, 1.54) is 11.4 Å². The number of para-hydroxylation sites is 1. The number of amides is 1. The van der Waals surface area contributed by atoms with Crippen molar-refractivity contribution in [2.45, 2.75) is 26.3 Å². The van der Waals surface area contributed by atoms with Crippen molar-refractivity contribution in [3.05, 3.63) is 71.4 Å². The number of carbonyl (C=O) groups is 2. The molecule has 1 saturated heterocycles. The first-order valence-corrected chi connectivity index (χ1v) is 13.5. The maximum absolute atomic E-state index is 12.7. The predicted molar refractivity (Wildman–Crippen MR) is 138 cm³/mol. The Morgan fingerprint density at radius 3 is 2.78 bits per heavy atom. The van der Waals surface area contributed by atoms with Crippen LogP contribution >= 0.6 is 0 Å². The van der Waals surface area contributed by atoms with Crippen molar-refractivity contribution in [3.63, 3.8) is 0 Å². The summed E-state index contributed by atoms with van der Waals surface area (Å²) >= 11 is 0. The Hall–Kier alpha value is -3.50. The molecule has 0 aliphatic carbocycles. The number of piperidine rings is 1. The molecule has 0 spiro atoms. The van der Waals surface area contributed by atoms with Gasteiger partial charge in [0.15, 0.2) is 0 Å². The van der Waals surface area contributed by atoms with Gasteiger partial charge in [0.2, 0.25) is 15.9 Å². The summed E-state index contributed by atoms with van der Waals surface area (Å²) in [6, 6.07) is 15.2. The molecule has 1 aliphatic heterocycles. The van der Waals surface area contributed by atoms with Crippen LogP contribution in [-0.2, 0) is 26.1 Å². The molecule has 0 bridgehead atoms. The van der Waals surface area contributed by atoms with Crippen molar-refractivity contribution in [1.82, 2.24) is 14.3 Å². The van der Waals surface area contributed by atoms with Crippen LogP contribution in [0.15, 0.2) is 59.8 Å². The molecule has 1 fully saturated rings. The molecule has 10 heteroatoms. The van der Waals surface area contributed by atoms with Gasteiger partial charge in [0, 0.05) is 42.3 Å². The van der Waals surface area contributed by atoms with Crippen molar-refractivity contribution in [2.75, 3.05) is 26.0 Å². The minimum absolute atomic E-state index is 0.0243. The van der Waals surface area contributed by atoms with Gasteiger partial charge < -0.3 is 9.30 Å². The number of carbonyl (C=O) groups excluding carboxylic acids is 2. The van der Waals surface area contributed by atoms with Gasteiger partial charge in [-0.2, -0.15) is 5.10 Å². The summed E-state index contributed by atoms with van der Waals surface area (Å²) in [4.78, 5) is 24.6. The van der Waals surface area contributed by atoms with E-state index in [0.717, 1.165) is 22.0 Å². The molecule has 4 rings (SSSR count). The molecule has 1 atom stereocenters. The second kappa shape index (κ2) is 11.0. The van der Waals surface area contributed by atoms with Crippen LogP contribution in [0.2, 0.25) is 0 Å². The Labute approximate surface area is 210 Å². The lowest BCUT2D eigenvalue weighted by Crippen LogP contribution is -2.45. The van der Waals surface area contributed by atoms with Crippen LogP contribution in [0, 0.1) is 5.92 Å². The minimum atomic E-state index is -3.32. The molecule has 1 amide bonds. The summed E-state index contributed by atoms with van der Waals surface area (Å²) < 4.78 is 32.6. The van der Waals surface area contributed by atoms with Gasteiger partial charge in [0.05, 0.1) is 30.6 Å². The number of esters is 1. The topological polar surface area (TPSA) is 110 Å². The predicted octanol–water partition coefficient (Wildman–Crippen LogP) is 2.99. The fourth-order valence-corrected chi connectivity index (χ4v) is 5.65. The second-order valence-electron chi connectivity index (χ2n) is 8.75. The number of fused-ring (bicyclic) bond motifs is 1. The molecule has 1 aliphatic rings. The van der Waals surface area contributed by atoms with Crippen molar-refractivity contribution >= 4 is 39.0 Å². The third-order valence-electron chi connectivity index (χ3n) is 6.41. The quantitative estimate of drug-likeness (QED) is 0.285. The van der Waals surface area contributed by atoms with Gasteiger partial charge in [-0.1, -0.05) is 30.3 Å². The van der Waals surface area contributed by atoms with Crippen LogP contribution in [0.3, 0.4) is 0 Å². The molecule has 3 aromatic rings. The lowest BCUT2D eigenvalue weighted by Gasteiger charge is -2.30. The summed E-state index contributed by atoms with van der Waals surface area (Å²) in [7, 11) is -1.96. The molecule has 190 valence electrons. The van der Waals surface area contributed by atoms with Gasteiger partial charge in [-0.3, -0.25) is 4.79 Å². The van der Waals surface area contributed by atoms with Crippen LogP contribution in [0.4, 0.5) is 0 Å². The summed E-state index contributed by atoms with van der Waals surface area (Å²) in [5, 5.41) is 5.15. The molecule has 36 heavy (non-hydrogen) atoms. The van der Waals surface area contributed by atoms with E-state index in [9.17, 15) is 18.0 Å². The molecular formula is C26H30N4O5S. The van der Waals surface area contributed by atoms with E-state index in [-0.39, 0.29) is 24.2 Å². The van der Waals surface area contributed by atoms with Crippen molar-refractivity contribution in [2.24, 2.45) is 11.0 Å². The SMILES string of the molecule is CCS(=O)(=O)N1CCC[C@H](C(=O)N/N=C\c2cn(Cc3cccc(C(=O)OC)c3)c3ccccc23)C1. The fraction of sp³-hybridized carbons (Fsp3) is 0.346. The van der Waals surface area contributed by atoms with Crippen molar-refractivity contribution < 1.29 is 22.7 Å². The van der Waals surface area contributed by atoms with Gasteiger partial charge in [-0.15, -0.1) is 0 Å². The Balaban J connectivity index is 1.49.